The fraction of sp³-hybridized carbons (Fsp3) is 0.200. The molecule has 0 saturated heterocycles. The van der Waals surface area contributed by atoms with Gasteiger partial charge in [-0.25, -0.2) is 13.2 Å². The first-order valence-electron chi connectivity index (χ1n) is 4.22. The van der Waals surface area contributed by atoms with Crippen LogP contribution in [-0.4, -0.2) is 27.8 Å². The molecule has 0 aliphatic rings. The normalized spacial score (nSPS) is 10.6. The maximum Gasteiger partial charge on any atom is 0.339 e. The van der Waals surface area contributed by atoms with E-state index in [2.05, 4.69) is 4.74 Å². The minimum atomic E-state index is -3.57. The highest BCUT2D eigenvalue weighted by Crippen LogP contribution is 2.18. The Bertz CT molecular complexity index is 569. The number of methoxy groups -OCH3 is 1. The van der Waals surface area contributed by atoms with Crippen LogP contribution in [-0.2, 0) is 14.6 Å². The van der Waals surface area contributed by atoms with Crippen LogP contribution in [0, 0.1) is 11.3 Å². The Balaban J connectivity index is 3.53. The van der Waals surface area contributed by atoms with Gasteiger partial charge in [-0.05, 0) is 18.2 Å². The molecule has 0 heterocycles. The van der Waals surface area contributed by atoms with E-state index < -0.39 is 15.8 Å². The molecule has 6 heteroatoms. The van der Waals surface area contributed by atoms with Gasteiger partial charge < -0.3 is 4.74 Å². The van der Waals surface area contributed by atoms with Crippen LogP contribution in [0.4, 0.5) is 0 Å². The smallest absolute Gasteiger partial charge is 0.339 e. The van der Waals surface area contributed by atoms with Crippen LogP contribution in [0.5, 0.6) is 0 Å². The Morgan fingerprint density at radius 2 is 2.06 bits per heavy atom. The molecule has 0 unspecified atom stereocenters. The molecule has 0 bridgehead atoms. The van der Waals surface area contributed by atoms with Gasteiger partial charge in [0, 0.05) is 6.26 Å². The standard InChI is InChI=1S/C10H9NO4S/c1-15-10(12)8-4-3-7(6-11)5-9(8)16(2,13)14/h3-5H,1-2H3. The monoisotopic (exact) mass is 239 g/mol. The molecular weight excluding hydrogens is 230 g/mol. The van der Waals surface area contributed by atoms with E-state index in [1.54, 1.807) is 0 Å². The lowest BCUT2D eigenvalue weighted by Gasteiger charge is -2.05. The largest absolute Gasteiger partial charge is 0.465 e. The lowest BCUT2D eigenvalue weighted by molar-refractivity contribution is 0.0596. The Labute approximate surface area is 93.2 Å². The number of rotatable bonds is 2. The molecule has 0 N–H and O–H groups in total. The van der Waals surface area contributed by atoms with Crippen molar-refractivity contribution < 1.29 is 17.9 Å². The molecule has 16 heavy (non-hydrogen) atoms. The SMILES string of the molecule is COC(=O)c1ccc(C#N)cc1S(C)(=O)=O. The van der Waals surface area contributed by atoms with Gasteiger partial charge in [0.15, 0.2) is 9.84 Å². The van der Waals surface area contributed by atoms with Crippen molar-refractivity contribution in [1.29, 1.82) is 5.26 Å². The van der Waals surface area contributed by atoms with Gasteiger partial charge in [-0.15, -0.1) is 0 Å². The fourth-order valence-electron chi connectivity index (χ4n) is 1.18. The Hall–Kier alpha value is -1.87. The van der Waals surface area contributed by atoms with E-state index in [4.69, 9.17) is 5.26 Å². The lowest BCUT2D eigenvalue weighted by atomic mass is 10.1. The van der Waals surface area contributed by atoms with Gasteiger partial charge in [-0.2, -0.15) is 5.26 Å². The average molecular weight is 239 g/mol. The van der Waals surface area contributed by atoms with Crippen molar-refractivity contribution in [3.63, 3.8) is 0 Å². The van der Waals surface area contributed by atoms with Crippen LogP contribution in [0.3, 0.4) is 0 Å². The van der Waals surface area contributed by atoms with Gasteiger partial charge in [0.25, 0.3) is 0 Å². The zero-order valence-corrected chi connectivity index (χ0v) is 9.54. The number of hydrogen-bond donors (Lipinski definition) is 0. The van der Waals surface area contributed by atoms with Crippen molar-refractivity contribution in [3.05, 3.63) is 29.3 Å². The molecule has 5 nitrogen and oxygen atoms in total. The first-order valence-corrected chi connectivity index (χ1v) is 6.12. The van der Waals surface area contributed by atoms with E-state index >= 15 is 0 Å². The quantitative estimate of drug-likeness (QED) is 0.711. The summed E-state index contributed by atoms with van der Waals surface area (Å²) in [7, 11) is -2.41. The van der Waals surface area contributed by atoms with Crippen molar-refractivity contribution in [1.82, 2.24) is 0 Å². The molecule has 0 aliphatic heterocycles. The van der Waals surface area contributed by atoms with Gasteiger partial charge in [0.05, 0.1) is 29.2 Å². The molecule has 0 aliphatic carbocycles. The van der Waals surface area contributed by atoms with Crippen molar-refractivity contribution in [2.45, 2.75) is 4.90 Å². The van der Waals surface area contributed by atoms with Crippen LogP contribution in [0.1, 0.15) is 15.9 Å². The number of nitriles is 1. The number of hydrogen-bond acceptors (Lipinski definition) is 5. The highest BCUT2D eigenvalue weighted by molar-refractivity contribution is 7.90. The summed E-state index contributed by atoms with van der Waals surface area (Å²) in [5, 5.41) is 8.65. The third kappa shape index (κ3) is 2.38. The number of nitrogens with zero attached hydrogens (tertiary/aromatic N) is 1. The molecule has 0 spiro atoms. The third-order valence-corrected chi connectivity index (χ3v) is 3.05. The van der Waals surface area contributed by atoms with Crippen LogP contribution in [0.25, 0.3) is 0 Å². The molecule has 0 atom stereocenters. The molecular formula is C10H9NO4S. The minimum Gasteiger partial charge on any atom is -0.465 e. The van der Waals surface area contributed by atoms with Crippen LogP contribution in [0.15, 0.2) is 23.1 Å². The number of esters is 1. The summed E-state index contributed by atoms with van der Waals surface area (Å²) in [6.45, 7) is 0. The predicted octanol–water partition coefficient (Wildman–Crippen LogP) is 0.748. The predicted molar refractivity (Wildman–Crippen MR) is 55.6 cm³/mol. The molecule has 1 aromatic carbocycles. The number of ether oxygens (including phenoxy) is 1. The highest BCUT2D eigenvalue weighted by atomic mass is 32.2. The van der Waals surface area contributed by atoms with Crippen LogP contribution >= 0.6 is 0 Å². The molecule has 0 radical (unpaired) electrons. The van der Waals surface area contributed by atoms with Crippen molar-refractivity contribution >= 4 is 15.8 Å². The summed E-state index contributed by atoms with van der Waals surface area (Å²) < 4.78 is 27.3. The molecule has 1 rings (SSSR count). The van der Waals surface area contributed by atoms with E-state index in [-0.39, 0.29) is 16.0 Å². The van der Waals surface area contributed by atoms with Gasteiger partial charge in [0.1, 0.15) is 0 Å². The maximum absolute atomic E-state index is 11.4. The third-order valence-electron chi connectivity index (χ3n) is 1.92. The Morgan fingerprint density at radius 1 is 1.44 bits per heavy atom. The van der Waals surface area contributed by atoms with Gasteiger partial charge >= 0.3 is 5.97 Å². The topological polar surface area (TPSA) is 84.2 Å². The van der Waals surface area contributed by atoms with E-state index in [0.29, 0.717) is 0 Å². The molecule has 1 aromatic rings. The maximum atomic E-state index is 11.4. The zero-order chi connectivity index (χ0) is 12.3. The summed E-state index contributed by atoms with van der Waals surface area (Å²) >= 11 is 0. The fourth-order valence-corrected chi connectivity index (χ4v) is 2.07. The minimum absolute atomic E-state index is 0.0657. The molecule has 0 aromatic heterocycles. The zero-order valence-electron chi connectivity index (χ0n) is 8.72. The Kier molecular flexibility index (Phi) is 3.30. The van der Waals surface area contributed by atoms with E-state index in [0.717, 1.165) is 19.4 Å². The van der Waals surface area contributed by atoms with Gasteiger partial charge in [0.2, 0.25) is 0 Å². The number of carbonyl (C=O) groups excluding carboxylic acids is 1. The van der Waals surface area contributed by atoms with Gasteiger partial charge in [-0.1, -0.05) is 0 Å². The van der Waals surface area contributed by atoms with Crippen molar-refractivity contribution in [2.24, 2.45) is 0 Å². The van der Waals surface area contributed by atoms with Crippen LogP contribution < -0.4 is 0 Å². The molecule has 0 fully saturated rings. The number of sulfone groups is 1. The highest BCUT2D eigenvalue weighted by Gasteiger charge is 2.19. The second-order valence-corrected chi connectivity index (χ2v) is 5.07. The second kappa shape index (κ2) is 4.33. The first-order chi connectivity index (χ1) is 7.40. The van der Waals surface area contributed by atoms with Crippen molar-refractivity contribution in [3.8, 4) is 6.07 Å². The summed E-state index contributed by atoms with van der Waals surface area (Å²) in [4.78, 5) is 11.1. The summed E-state index contributed by atoms with van der Waals surface area (Å²) in [5.41, 5.74) is 0.108. The average Bonchev–Trinajstić information content (AvgIpc) is 2.26. The number of benzene rings is 1. The van der Waals surface area contributed by atoms with E-state index in [9.17, 15) is 13.2 Å². The second-order valence-electron chi connectivity index (χ2n) is 3.09. The number of carbonyl (C=O) groups is 1. The molecule has 0 amide bonds. The van der Waals surface area contributed by atoms with Crippen molar-refractivity contribution in [2.75, 3.05) is 13.4 Å². The summed E-state index contributed by atoms with van der Waals surface area (Å²) in [6, 6.07) is 5.59. The molecule has 84 valence electrons. The Morgan fingerprint density at radius 3 is 2.50 bits per heavy atom. The van der Waals surface area contributed by atoms with E-state index in [1.165, 1.54) is 12.1 Å². The van der Waals surface area contributed by atoms with Crippen LogP contribution in [0.2, 0.25) is 0 Å². The molecule has 0 saturated carbocycles. The first kappa shape index (κ1) is 12.2. The van der Waals surface area contributed by atoms with Gasteiger partial charge in [-0.3, -0.25) is 0 Å². The summed E-state index contributed by atoms with van der Waals surface area (Å²) in [5.74, 6) is -0.745. The lowest BCUT2D eigenvalue weighted by Crippen LogP contribution is -2.09. The summed E-state index contributed by atoms with van der Waals surface area (Å²) in [6.07, 6.45) is 0.968. The van der Waals surface area contributed by atoms with E-state index in [1.807, 2.05) is 6.07 Å².